The summed E-state index contributed by atoms with van der Waals surface area (Å²) in [7, 11) is 0. The Kier molecular flexibility index (Phi) is 6.95. The lowest BCUT2D eigenvalue weighted by molar-refractivity contribution is -0.125. The molecular weight excluding hydrogens is 462 g/mol. The molecule has 1 amide bonds. The SMILES string of the molecule is CC(=NOCC(=O)NN=Cc1cc(Br)cc(Br)c1O)c1cccs1. The molecule has 0 spiro atoms. The smallest absolute Gasteiger partial charge is 0.280 e. The second-order valence-electron chi connectivity index (χ2n) is 4.55. The van der Waals surface area contributed by atoms with Gasteiger partial charge in [-0.05, 0) is 46.4 Å². The van der Waals surface area contributed by atoms with Crippen molar-refractivity contribution in [2.24, 2.45) is 10.3 Å². The van der Waals surface area contributed by atoms with E-state index in [1.54, 1.807) is 19.1 Å². The van der Waals surface area contributed by atoms with Gasteiger partial charge in [-0.2, -0.15) is 5.10 Å². The van der Waals surface area contributed by atoms with E-state index in [1.807, 2.05) is 17.5 Å². The van der Waals surface area contributed by atoms with E-state index < -0.39 is 5.91 Å². The molecule has 6 nitrogen and oxygen atoms in total. The van der Waals surface area contributed by atoms with Crippen molar-refractivity contribution in [3.8, 4) is 5.75 Å². The van der Waals surface area contributed by atoms with E-state index in [4.69, 9.17) is 4.84 Å². The summed E-state index contributed by atoms with van der Waals surface area (Å²) in [6, 6.07) is 7.20. The number of oxime groups is 1. The van der Waals surface area contributed by atoms with Crippen molar-refractivity contribution in [2.75, 3.05) is 6.61 Å². The van der Waals surface area contributed by atoms with Crippen molar-refractivity contribution in [3.05, 3.63) is 49.0 Å². The van der Waals surface area contributed by atoms with Crippen LogP contribution >= 0.6 is 43.2 Å². The largest absolute Gasteiger partial charge is 0.506 e. The molecule has 2 aromatic rings. The average Bonchev–Trinajstić information content (AvgIpc) is 3.06. The van der Waals surface area contributed by atoms with E-state index in [0.717, 1.165) is 9.35 Å². The van der Waals surface area contributed by atoms with Crippen molar-refractivity contribution in [1.82, 2.24) is 5.43 Å². The van der Waals surface area contributed by atoms with Gasteiger partial charge < -0.3 is 9.94 Å². The Hall–Kier alpha value is -1.71. The zero-order valence-electron chi connectivity index (χ0n) is 12.5. The Balaban J connectivity index is 1.84. The summed E-state index contributed by atoms with van der Waals surface area (Å²) < 4.78 is 1.29. The fourth-order valence-corrected chi connectivity index (χ4v) is 3.53. The first-order valence-corrected chi connectivity index (χ1v) is 9.14. The number of nitrogens with one attached hydrogen (secondary N) is 1. The molecule has 1 aromatic heterocycles. The summed E-state index contributed by atoms with van der Waals surface area (Å²) in [4.78, 5) is 17.6. The maximum Gasteiger partial charge on any atom is 0.280 e. The second-order valence-corrected chi connectivity index (χ2v) is 7.26. The Labute approximate surface area is 159 Å². The molecule has 0 bridgehead atoms. The number of hydrazone groups is 1. The highest BCUT2D eigenvalue weighted by Crippen LogP contribution is 2.30. The van der Waals surface area contributed by atoms with Crippen LogP contribution in [-0.2, 0) is 9.63 Å². The third kappa shape index (κ3) is 5.43. The molecule has 24 heavy (non-hydrogen) atoms. The molecule has 0 radical (unpaired) electrons. The van der Waals surface area contributed by atoms with Gasteiger partial charge in [-0.25, -0.2) is 5.43 Å². The summed E-state index contributed by atoms with van der Waals surface area (Å²) >= 11 is 8.07. The van der Waals surface area contributed by atoms with E-state index in [1.165, 1.54) is 17.6 Å². The van der Waals surface area contributed by atoms with E-state index in [0.29, 0.717) is 15.7 Å². The van der Waals surface area contributed by atoms with Gasteiger partial charge in [0.1, 0.15) is 5.75 Å². The van der Waals surface area contributed by atoms with Gasteiger partial charge >= 0.3 is 0 Å². The van der Waals surface area contributed by atoms with E-state index >= 15 is 0 Å². The number of carbonyl (C=O) groups is 1. The predicted octanol–water partition coefficient (Wildman–Crippen LogP) is 3.87. The molecule has 2 N–H and O–H groups in total. The lowest BCUT2D eigenvalue weighted by Crippen LogP contribution is -2.22. The topological polar surface area (TPSA) is 83.3 Å². The molecule has 2 rings (SSSR count). The van der Waals surface area contributed by atoms with Gasteiger partial charge in [0.25, 0.3) is 5.91 Å². The molecule has 9 heteroatoms. The number of thiophene rings is 1. The number of carbonyl (C=O) groups excluding carboxylic acids is 1. The minimum absolute atomic E-state index is 0.0311. The maximum atomic E-state index is 11.6. The van der Waals surface area contributed by atoms with E-state index in [2.05, 4.69) is 47.5 Å². The number of benzene rings is 1. The van der Waals surface area contributed by atoms with Gasteiger partial charge in [-0.15, -0.1) is 11.3 Å². The lowest BCUT2D eigenvalue weighted by Gasteiger charge is -2.03. The first kappa shape index (κ1) is 18.6. The van der Waals surface area contributed by atoms with Crippen LogP contribution in [0.1, 0.15) is 17.4 Å². The number of aromatic hydroxyl groups is 1. The zero-order valence-corrected chi connectivity index (χ0v) is 16.5. The van der Waals surface area contributed by atoms with E-state index in [9.17, 15) is 9.90 Å². The van der Waals surface area contributed by atoms with Crippen LogP contribution in [0.4, 0.5) is 0 Å². The molecule has 126 valence electrons. The first-order chi connectivity index (χ1) is 11.5. The van der Waals surface area contributed by atoms with Crippen molar-refractivity contribution < 1.29 is 14.7 Å². The predicted molar refractivity (Wildman–Crippen MR) is 102 cm³/mol. The maximum absolute atomic E-state index is 11.6. The molecule has 1 aromatic carbocycles. The van der Waals surface area contributed by atoms with Gasteiger partial charge in [0.05, 0.1) is 21.3 Å². The van der Waals surface area contributed by atoms with Gasteiger partial charge in [0.15, 0.2) is 6.61 Å². The quantitative estimate of drug-likeness (QED) is 0.492. The number of amides is 1. The number of hydrogen-bond donors (Lipinski definition) is 2. The third-order valence-corrected chi connectivity index (χ3v) is 4.77. The highest BCUT2D eigenvalue weighted by molar-refractivity contribution is 9.11. The number of phenols is 1. The number of hydrogen-bond acceptors (Lipinski definition) is 6. The number of rotatable bonds is 6. The highest BCUT2D eigenvalue weighted by Gasteiger charge is 2.06. The van der Waals surface area contributed by atoms with Crippen LogP contribution in [0.25, 0.3) is 0 Å². The van der Waals surface area contributed by atoms with Crippen LogP contribution in [0.2, 0.25) is 0 Å². The number of nitrogens with zero attached hydrogens (tertiary/aromatic N) is 2. The van der Waals surface area contributed by atoms with Crippen molar-refractivity contribution in [3.63, 3.8) is 0 Å². The summed E-state index contributed by atoms with van der Waals surface area (Å²) in [6.07, 6.45) is 1.34. The van der Waals surface area contributed by atoms with Crippen molar-refractivity contribution in [2.45, 2.75) is 6.92 Å². The third-order valence-electron chi connectivity index (χ3n) is 2.73. The Morgan fingerprint density at radius 3 is 2.96 bits per heavy atom. The molecule has 0 atom stereocenters. The molecular formula is C15H13Br2N3O3S. The zero-order chi connectivity index (χ0) is 17.5. The van der Waals surface area contributed by atoms with Gasteiger partial charge in [0.2, 0.25) is 0 Å². The summed E-state index contributed by atoms with van der Waals surface area (Å²) in [6.45, 7) is 1.55. The molecule has 0 aliphatic carbocycles. The Morgan fingerprint density at radius 1 is 1.46 bits per heavy atom. The molecule has 0 unspecified atom stereocenters. The average molecular weight is 475 g/mol. The van der Waals surface area contributed by atoms with Crippen LogP contribution in [0, 0.1) is 0 Å². The molecule has 0 saturated carbocycles. The summed E-state index contributed by atoms with van der Waals surface area (Å²) in [5, 5.41) is 19.5. The Bertz CT molecular complexity index is 777. The van der Waals surface area contributed by atoms with Crippen LogP contribution in [-0.4, -0.2) is 29.5 Å². The summed E-state index contributed by atoms with van der Waals surface area (Å²) in [5.41, 5.74) is 3.45. The molecule has 0 saturated heterocycles. The normalized spacial score (nSPS) is 11.7. The fourth-order valence-electron chi connectivity index (χ4n) is 1.61. The molecule has 0 aliphatic rings. The minimum atomic E-state index is -0.456. The van der Waals surface area contributed by atoms with Crippen molar-refractivity contribution in [1.29, 1.82) is 0 Å². The first-order valence-electron chi connectivity index (χ1n) is 6.67. The van der Waals surface area contributed by atoms with Crippen LogP contribution in [0.15, 0.2) is 48.8 Å². The minimum Gasteiger partial charge on any atom is -0.506 e. The van der Waals surface area contributed by atoms with Gasteiger partial charge in [-0.1, -0.05) is 27.2 Å². The Morgan fingerprint density at radius 2 is 2.25 bits per heavy atom. The van der Waals surface area contributed by atoms with Crippen LogP contribution < -0.4 is 5.43 Å². The standard InChI is InChI=1S/C15H13Br2N3O3S/c1-9(13-3-2-4-24-13)20-23-8-14(21)19-18-7-10-5-11(16)6-12(17)15(10)22/h2-7,22H,8H2,1H3,(H,19,21). The van der Waals surface area contributed by atoms with Gasteiger partial charge in [0, 0.05) is 10.0 Å². The number of phenolic OH excluding ortho intramolecular Hbond substituents is 1. The number of halogens is 2. The fraction of sp³-hybridized carbons (Fsp3) is 0.133. The van der Waals surface area contributed by atoms with Gasteiger partial charge in [-0.3, -0.25) is 4.79 Å². The molecule has 1 heterocycles. The second kappa shape index (κ2) is 8.95. The van der Waals surface area contributed by atoms with E-state index in [-0.39, 0.29) is 12.4 Å². The highest BCUT2D eigenvalue weighted by atomic mass is 79.9. The monoisotopic (exact) mass is 473 g/mol. The van der Waals surface area contributed by atoms with Crippen molar-refractivity contribution >= 4 is 61.0 Å². The molecule has 0 fully saturated rings. The van der Waals surface area contributed by atoms with Crippen LogP contribution in [0.3, 0.4) is 0 Å². The van der Waals surface area contributed by atoms with Crippen LogP contribution in [0.5, 0.6) is 5.75 Å². The molecule has 0 aliphatic heterocycles. The summed E-state index contributed by atoms with van der Waals surface area (Å²) in [5.74, 6) is -0.425. The lowest BCUT2D eigenvalue weighted by atomic mass is 10.2.